The number of aromatic amines is 1. The molecule has 1 fully saturated rings. The molecule has 2 N–H and O–H groups in total. The van der Waals surface area contributed by atoms with E-state index in [4.69, 9.17) is 0 Å². The van der Waals surface area contributed by atoms with Crippen molar-refractivity contribution in [3.05, 3.63) is 36.0 Å². The van der Waals surface area contributed by atoms with E-state index in [2.05, 4.69) is 9.88 Å². The molecule has 1 atom stereocenters. The van der Waals surface area contributed by atoms with Crippen LogP contribution in [0.4, 0.5) is 0 Å². The summed E-state index contributed by atoms with van der Waals surface area (Å²) in [6, 6.07) is 7.87. The van der Waals surface area contributed by atoms with Crippen LogP contribution in [0.3, 0.4) is 0 Å². The van der Waals surface area contributed by atoms with Crippen molar-refractivity contribution < 1.29 is 9.90 Å². The van der Waals surface area contributed by atoms with Crippen LogP contribution in [0, 0.1) is 5.92 Å². The molecule has 0 bridgehead atoms. The number of ketones is 1. The Labute approximate surface area is 118 Å². The van der Waals surface area contributed by atoms with Crippen molar-refractivity contribution in [1.82, 2.24) is 9.88 Å². The molecule has 1 saturated heterocycles. The van der Waals surface area contributed by atoms with E-state index in [-0.39, 0.29) is 12.4 Å². The highest BCUT2D eigenvalue weighted by molar-refractivity contribution is 6.08. The molecule has 20 heavy (non-hydrogen) atoms. The molecule has 1 aromatic heterocycles. The Morgan fingerprint density at radius 2 is 2.25 bits per heavy atom. The molecule has 3 rings (SSSR count). The molecule has 0 spiro atoms. The quantitative estimate of drug-likeness (QED) is 0.838. The highest BCUT2D eigenvalue weighted by Crippen LogP contribution is 2.20. The number of hydrogen-bond donors (Lipinski definition) is 2. The number of fused-ring (bicyclic) bond motifs is 1. The number of piperidine rings is 1. The number of nitrogens with zero attached hydrogens (tertiary/aromatic N) is 1. The van der Waals surface area contributed by atoms with Gasteiger partial charge in [-0.1, -0.05) is 18.2 Å². The van der Waals surface area contributed by atoms with E-state index < -0.39 is 0 Å². The second-order valence-electron chi connectivity index (χ2n) is 5.60. The van der Waals surface area contributed by atoms with Crippen molar-refractivity contribution in [2.24, 2.45) is 5.92 Å². The first-order chi connectivity index (χ1) is 9.78. The van der Waals surface area contributed by atoms with Crippen LogP contribution in [-0.2, 0) is 0 Å². The Kier molecular flexibility index (Phi) is 3.85. The minimum absolute atomic E-state index is 0.154. The van der Waals surface area contributed by atoms with Gasteiger partial charge in [-0.15, -0.1) is 0 Å². The van der Waals surface area contributed by atoms with Gasteiger partial charge in [0.25, 0.3) is 0 Å². The summed E-state index contributed by atoms with van der Waals surface area (Å²) in [6.07, 6.45) is 3.93. The van der Waals surface area contributed by atoms with Crippen LogP contribution < -0.4 is 0 Å². The number of para-hydroxylation sites is 1. The Bertz CT molecular complexity index is 605. The lowest BCUT2D eigenvalue weighted by Gasteiger charge is -2.31. The number of aliphatic hydroxyl groups is 1. The lowest BCUT2D eigenvalue weighted by atomic mass is 9.98. The van der Waals surface area contributed by atoms with Crippen LogP contribution >= 0.6 is 0 Å². The average Bonchev–Trinajstić information content (AvgIpc) is 2.91. The van der Waals surface area contributed by atoms with Gasteiger partial charge in [-0.05, 0) is 31.4 Å². The van der Waals surface area contributed by atoms with Crippen molar-refractivity contribution in [3.8, 4) is 0 Å². The van der Waals surface area contributed by atoms with E-state index in [1.807, 2.05) is 24.3 Å². The van der Waals surface area contributed by atoms with Gasteiger partial charge in [0.1, 0.15) is 0 Å². The van der Waals surface area contributed by atoms with Crippen LogP contribution in [0.5, 0.6) is 0 Å². The van der Waals surface area contributed by atoms with E-state index in [9.17, 15) is 9.90 Å². The number of likely N-dealkylation sites (tertiary alicyclic amines) is 1. The summed E-state index contributed by atoms with van der Waals surface area (Å²) >= 11 is 0. The van der Waals surface area contributed by atoms with Crippen LogP contribution in [0.1, 0.15) is 23.2 Å². The molecule has 1 aliphatic rings. The predicted octanol–water partition coefficient (Wildman–Crippen LogP) is 2.05. The summed E-state index contributed by atoms with van der Waals surface area (Å²) in [7, 11) is 0. The van der Waals surface area contributed by atoms with Gasteiger partial charge < -0.3 is 10.1 Å². The molecule has 0 aliphatic carbocycles. The normalized spacial score (nSPS) is 20.4. The van der Waals surface area contributed by atoms with Gasteiger partial charge in [0.05, 0.1) is 6.54 Å². The number of nitrogens with one attached hydrogen (secondary N) is 1. The van der Waals surface area contributed by atoms with Crippen molar-refractivity contribution in [1.29, 1.82) is 0 Å². The summed E-state index contributed by atoms with van der Waals surface area (Å²) in [5.41, 5.74) is 1.77. The molecule has 1 aliphatic heterocycles. The lowest BCUT2D eigenvalue weighted by molar-refractivity contribution is 0.0835. The molecular weight excluding hydrogens is 252 g/mol. The number of aromatic nitrogens is 1. The fourth-order valence-corrected chi connectivity index (χ4v) is 3.03. The second kappa shape index (κ2) is 5.77. The summed E-state index contributed by atoms with van der Waals surface area (Å²) < 4.78 is 0. The minimum Gasteiger partial charge on any atom is -0.396 e. The van der Waals surface area contributed by atoms with Crippen molar-refractivity contribution in [2.75, 3.05) is 26.2 Å². The van der Waals surface area contributed by atoms with Crippen LogP contribution in [0.25, 0.3) is 10.9 Å². The van der Waals surface area contributed by atoms with Gasteiger partial charge in [0.15, 0.2) is 5.78 Å². The fraction of sp³-hybridized carbons (Fsp3) is 0.438. The third-order valence-electron chi connectivity index (χ3n) is 4.12. The van der Waals surface area contributed by atoms with E-state index >= 15 is 0 Å². The first-order valence-corrected chi connectivity index (χ1v) is 7.20. The zero-order valence-electron chi connectivity index (χ0n) is 11.5. The molecular formula is C16H20N2O2. The molecule has 0 saturated carbocycles. The van der Waals surface area contributed by atoms with Gasteiger partial charge in [0, 0.05) is 35.8 Å². The maximum absolute atomic E-state index is 12.5. The van der Waals surface area contributed by atoms with Crippen molar-refractivity contribution in [2.45, 2.75) is 12.8 Å². The van der Waals surface area contributed by atoms with Crippen LogP contribution in [0.15, 0.2) is 30.5 Å². The minimum atomic E-state index is 0.154. The van der Waals surface area contributed by atoms with E-state index in [0.29, 0.717) is 12.5 Å². The number of rotatable bonds is 4. The highest BCUT2D eigenvalue weighted by atomic mass is 16.3. The number of hydrogen-bond acceptors (Lipinski definition) is 3. The van der Waals surface area contributed by atoms with Gasteiger partial charge in [-0.2, -0.15) is 0 Å². The standard InChI is InChI=1S/C16H20N2O2/c19-11-12-4-3-7-18(9-12)10-16(20)14-8-17-15-6-2-1-5-13(14)15/h1-2,5-6,8,12,17,19H,3-4,7,9-11H2. The summed E-state index contributed by atoms with van der Waals surface area (Å²) in [5.74, 6) is 0.473. The maximum Gasteiger partial charge on any atom is 0.178 e. The largest absolute Gasteiger partial charge is 0.396 e. The maximum atomic E-state index is 12.5. The molecule has 2 heterocycles. The fourth-order valence-electron chi connectivity index (χ4n) is 3.03. The first-order valence-electron chi connectivity index (χ1n) is 7.20. The van der Waals surface area contributed by atoms with Gasteiger partial charge >= 0.3 is 0 Å². The number of aliphatic hydroxyl groups excluding tert-OH is 1. The first kappa shape index (κ1) is 13.3. The number of benzene rings is 1. The SMILES string of the molecule is O=C(CN1CCCC(CO)C1)c1c[nH]c2ccccc12. The number of Topliss-reactive ketones (excluding diaryl/α,β-unsaturated/α-hetero) is 1. The Morgan fingerprint density at radius 1 is 1.40 bits per heavy atom. The Morgan fingerprint density at radius 3 is 3.10 bits per heavy atom. The van der Waals surface area contributed by atoms with Crippen LogP contribution in [0.2, 0.25) is 0 Å². The van der Waals surface area contributed by atoms with Gasteiger partial charge in [0.2, 0.25) is 0 Å². The van der Waals surface area contributed by atoms with Crippen molar-refractivity contribution >= 4 is 16.7 Å². The monoisotopic (exact) mass is 272 g/mol. The lowest BCUT2D eigenvalue weighted by Crippen LogP contribution is -2.39. The number of carbonyl (C=O) groups is 1. The summed E-state index contributed by atoms with van der Waals surface area (Å²) in [4.78, 5) is 17.8. The van der Waals surface area contributed by atoms with Gasteiger partial charge in [-0.3, -0.25) is 9.69 Å². The molecule has 1 aromatic carbocycles. The molecule has 2 aromatic rings. The summed E-state index contributed by atoms with van der Waals surface area (Å²) in [6.45, 7) is 2.44. The molecule has 4 heteroatoms. The van der Waals surface area contributed by atoms with E-state index in [0.717, 1.165) is 42.4 Å². The van der Waals surface area contributed by atoms with E-state index in [1.54, 1.807) is 6.20 Å². The van der Waals surface area contributed by atoms with Crippen molar-refractivity contribution in [3.63, 3.8) is 0 Å². The summed E-state index contributed by atoms with van der Waals surface area (Å²) in [5, 5.41) is 10.2. The predicted molar refractivity (Wildman–Crippen MR) is 78.9 cm³/mol. The number of H-pyrrole nitrogens is 1. The smallest absolute Gasteiger partial charge is 0.178 e. The zero-order valence-corrected chi connectivity index (χ0v) is 11.5. The van der Waals surface area contributed by atoms with Crippen LogP contribution in [-0.4, -0.2) is 47.0 Å². The van der Waals surface area contributed by atoms with E-state index in [1.165, 1.54) is 0 Å². The zero-order chi connectivity index (χ0) is 13.9. The third kappa shape index (κ3) is 2.62. The van der Waals surface area contributed by atoms with Gasteiger partial charge in [-0.25, -0.2) is 0 Å². The third-order valence-corrected chi connectivity index (χ3v) is 4.12. The Balaban J connectivity index is 1.73. The molecule has 4 nitrogen and oxygen atoms in total. The average molecular weight is 272 g/mol. The topological polar surface area (TPSA) is 56.3 Å². The molecule has 1 unspecified atom stereocenters. The second-order valence-corrected chi connectivity index (χ2v) is 5.60. The molecule has 106 valence electrons. The number of carbonyl (C=O) groups excluding carboxylic acids is 1. The highest BCUT2D eigenvalue weighted by Gasteiger charge is 2.22. The molecule has 0 radical (unpaired) electrons. The molecule has 0 amide bonds. The Hall–Kier alpha value is -1.65.